The Balaban J connectivity index is 2.78. The Morgan fingerprint density at radius 2 is 2.05 bits per heavy atom. The van der Waals surface area contributed by atoms with Gasteiger partial charge >= 0.3 is 0 Å². The van der Waals surface area contributed by atoms with Crippen molar-refractivity contribution in [2.24, 2.45) is 0 Å². The molecule has 0 aromatic heterocycles. The number of likely N-dealkylation sites (N-methyl/N-ethyl adjacent to an activating group) is 1. The van der Waals surface area contributed by atoms with E-state index in [0.29, 0.717) is 18.0 Å². The van der Waals surface area contributed by atoms with Crippen molar-refractivity contribution in [2.45, 2.75) is 26.9 Å². The van der Waals surface area contributed by atoms with Gasteiger partial charge in [0, 0.05) is 30.9 Å². The molecule has 1 aromatic rings. The van der Waals surface area contributed by atoms with Crippen LogP contribution in [0.5, 0.6) is 5.75 Å². The number of nitro groups is 1. The fourth-order valence-corrected chi connectivity index (χ4v) is 1.60. The van der Waals surface area contributed by atoms with Gasteiger partial charge < -0.3 is 15.4 Å². The largest absolute Gasteiger partial charge is 0.491 e. The van der Waals surface area contributed by atoms with Crippen molar-refractivity contribution in [2.75, 3.05) is 25.0 Å². The Morgan fingerprint density at radius 3 is 2.63 bits per heavy atom. The molecular formula is C13H21N3O3. The maximum atomic E-state index is 10.9. The van der Waals surface area contributed by atoms with Crippen LogP contribution in [0.3, 0.4) is 0 Å². The van der Waals surface area contributed by atoms with Crippen molar-refractivity contribution in [1.82, 2.24) is 5.32 Å². The monoisotopic (exact) mass is 267 g/mol. The SMILES string of the molecule is CCNCCNc1cc(OC(C)C)cc([N+](=O)[O-])c1. The van der Waals surface area contributed by atoms with Gasteiger partial charge in [-0.05, 0) is 20.4 Å². The Kier molecular flexibility index (Phi) is 6.08. The quantitative estimate of drug-likeness (QED) is 0.429. The zero-order valence-corrected chi connectivity index (χ0v) is 11.6. The number of anilines is 1. The lowest BCUT2D eigenvalue weighted by Crippen LogP contribution is -2.21. The van der Waals surface area contributed by atoms with Gasteiger partial charge in [0.05, 0.1) is 17.1 Å². The lowest BCUT2D eigenvalue weighted by Gasteiger charge is -2.12. The minimum absolute atomic E-state index is 0.0170. The van der Waals surface area contributed by atoms with Crippen LogP contribution in [0.25, 0.3) is 0 Å². The molecule has 0 spiro atoms. The van der Waals surface area contributed by atoms with E-state index in [1.807, 2.05) is 20.8 Å². The third kappa shape index (κ3) is 5.56. The summed E-state index contributed by atoms with van der Waals surface area (Å²) in [7, 11) is 0. The first-order valence-electron chi connectivity index (χ1n) is 6.43. The predicted octanol–water partition coefficient (Wildman–Crippen LogP) is 2.40. The average molecular weight is 267 g/mol. The van der Waals surface area contributed by atoms with Gasteiger partial charge in [-0.2, -0.15) is 0 Å². The van der Waals surface area contributed by atoms with Gasteiger partial charge in [-0.3, -0.25) is 10.1 Å². The van der Waals surface area contributed by atoms with Gasteiger partial charge in [0.15, 0.2) is 0 Å². The number of hydrogen-bond donors (Lipinski definition) is 2. The van der Waals surface area contributed by atoms with Crippen LogP contribution >= 0.6 is 0 Å². The van der Waals surface area contributed by atoms with Crippen LogP contribution in [0.1, 0.15) is 20.8 Å². The fourth-order valence-electron chi connectivity index (χ4n) is 1.60. The van der Waals surface area contributed by atoms with Crippen LogP contribution < -0.4 is 15.4 Å². The maximum Gasteiger partial charge on any atom is 0.275 e. The smallest absolute Gasteiger partial charge is 0.275 e. The number of ether oxygens (including phenoxy) is 1. The van der Waals surface area contributed by atoms with E-state index in [2.05, 4.69) is 10.6 Å². The van der Waals surface area contributed by atoms with Crippen molar-refractivity contribution in [1.29, 1.82) is 0 Å². The molecule has 6 nitrogen and oxygen atoms in total. The second-order valence-corrected chi connectivity index (χ2v) is 4.42. The minimum Gasteiger partial charge on any atom is -0.491 e. The molecule has 1 rings (SSSR count). The molecule has 19 heavy (non-hydrogen) atoms. The Labute approximate surface area is 113 Å². The highest BCUT2D eigenvalue weighted by atomic mass is 16.6. The van der Waals surface area contributed by atoms with Crippen LogP contribution in [0.15, 0.2) is 18.2 Å². The van der Waals surface area contributed by atoms with Crippen LogP contribution in [0.4, 0.5) is 11.4 Å². The molecule has 0 amide bonds. The predicted molar refractivity (Wildman–Crippen MR) is 75.9 cm³/mol. The Bertz CT molecular complexity index is 422. The summed E-state index contributed by atoms with van der Waals surface area (Å²) < 4.78 is 5.51. The van der Waals surface area contributed by atoms with E-state index in [9.17, 15) is 10.1 Å². The molecule has 0 radical (unpaired) electrons. The second-order valence-electron chi connectivity index (χ2n) is 4.42. The van der Waals surface area contributed by atoms with Crippen molar-refractivity contribution >= 4 is 11.4 Å². The zero-order valence-electron chi connectivity index (χ0n) is 11.6. The maximum absolute atomic E-state index is 10.9. The summed E-state index contributed by atoms with van der Waals surface area (Å²) in [5.41, 5.74) is 0.729. The van der Waals surface area contributed by atoms with Gasteiger partial charge in [-0.25, -0.2) is 0 Å². The summed E-state index contributed by atoms with van der Waals surface area (Å²) in [5, 5.41) is 17.2. The van der Waals surface area contributed by atoms with E-state index in [1.165, 1.54) is 12.1 Å². The molecule has 0 fully saturated rings. The standard InChI is InChI=1S/C13H21N3O3/c1-4-14-5-6-15-11-7-12(16(17)18)9-13(8-11)19-10(2)3/h7-10,14-15H,4-6H2,1-3H3. The number of nitro benzene ring substituents is 1. The highest BCUT2D eigenvalue weighted by Crippen LogP contribution is 2.26. The Morgan fingerprint density at radius 1 is 1.32 bits per heavy atom. The van der Waals surface area contributed by atoms with Gasteiger partial charge in [0.25, 0.3) is 5.69 Å². The number of nitrogens with one attached hydrogen (secondary N) is 2. The third-order valence-corrected chi connectivity index (χ3v) is 2.35. The van der Waals surface area contributed by atoms with Crippen LogP contribution in [-0.4, -0.2) is 30.7 Å². The summed E-state index contributed by atoms with van der Waals surface area (Å²) in [5.74, 6) is 0.509. The lowest BCUT2D eigenvalue weighted by molar-refractivity contribution is -0.384. The molecule has 0 aliphatic heterocycles. The van der Waals surface area contributed by atoms with Gasteiger partial charge in [-0.15, -0.1) is 0 Å². The molecule has 106 valence electrons. The van der Waals surface area contributed by atoms with E-state index in [0.717, 1.165) is 13.1 Å². The van der Waals surface area contributed by atoms with Crippen molar-refractivity contribution in [3.05, 3.63) is 28.3 Å². The summed E-state index contributed by atoms with van der Waals surface area (Å²) >= 11 is 0. The Hall–Kier alpha value is -1.82. The number of hydrogen-bond acceptors (Lipinski definition) is 5. The molecule has 0 unspecified atom stereocenters. The van der Waals surface area contributed by atoms with Gasteiger partial charge in [0.2, 0.25) is 0 Å². The number of rotatable bonds is 8. The summed E-state index contributed by atoms with van der Waals surface area (Å²) in [4.78, 5) is 10.5. The van der Waals surface area contributed by atoms with Crippen molar-refractivity contribution in [3.63, 3.8) is 0 Å². The summed E-state index contributed by atoms with van der Waals surface area (Å²) in [6.07, 6.45) is -0.0170. The molecule has 1 aromatic carbocycles. The zero-order chi connectivity index (χ0) is 14.3. The van der Waals surface area contributed by atoms with Crippen LogP contribution in [0.2, 0.25) is 0 Å². The molecule has 2 N–H and O–H groups in total. The van der Waals surface area contributed by atoms with Crippen LogP contribution in [0, 0.1) is 10.1 Å². The third-order valence-electron chi connectivity index (χ3n) is 2.35. The molecule has 0 heterocycles. The van der Waals surface area contributed by atoms with Crippen molar-refractivity contribution < 1.29 is 9.66 Å². The number of nitrogens with zero attached hydrogens (tertiary/aromatic N) is 1. The topological polar surface area (TPSA) is 76.4 Å². The van der Waals surface area contributed by atoms with E-state index < -0.39 is 4.92 Å². The molecule has 0 aliphatic rings. The summed E-state index contributed by atoms with van der Waals surface area (Å²) in [6, 6.07) is 4.73. The molecule has 0 saturated carbocycles. The lowest BCUT2D eigenvalue weighted by atomic mass is 10.2. The van der Waals surface area contributed by atoms with Crippen LogP contribution in [-0.2, 0) is 0 Å². The first kappa shape index (κ1) is 15.2. The molecule has 6 heteroatoms. The van der Waals surface area contributed by atoms with E-state index >= 15 is 0 Å². The van der Waals surface area contributed by atoms with E-state index in [1.54, 1.807) is 6.07 Å². The highest BCUT2D eigenvalue weighted by Gasteiger charge is 2.11. The number of non-ortho nitro benzene ring substituents is 1. The van der Waals surface area contributed by atoms with E-state index in [-0.39, 0.29) is 11.8 Å². The van der Waals surface area contributed by atoms with Crippen molar-refractivity contribution in [3.8, 4) is 5.75 Å². The average Bonchev–Trinajstić information content (AvgIpc) is 2.33. The molecule has 0 saturated heterocycles. The molecule has 0 bridgehead atoms. The fraction of sp³-hybridized carbons (Fsp3) is 0.538. The molecule has 0 atom stereocenters. The first-order chi connectivity index (χ1) is 9.02. The normalized spacial score (nSPS) is 10.5. The van der Waals surface area contributed by atoms with Gasteiger partial charge in [-0.1, -0.05) is 6.92 Å². The first-order valence-corrected chi connectivity index (χ1v) is 6.43. The second kappa shape index (κ2) is 7.58. The van der Waals surface area contributed by atoms with E-state index in [4.69, 9.17) is 4.74 Å². The summed E-state index contributed by atoms with van der Waals surface area (Å²) in [6.45, 7) is 8.21. The minimum atomic E-state index is -0.414. The highest BCUT2D eigenvalue weighted by molar-refractivity contribution is 5.56. The number of benzene rings is 1. The van der Waals surface area contributed by atoms with Gasteiger partial charge in [0.1, 0.15) is 5.75 Å². The molecular weight excluding hydrogens is 246 g/mol. The molecule has 0 aliphatic carbocycles.